The molecule has 3 aromatic rings. The molecule has 0 saturated carbocycles. The number of carbonyl (C=O) groups excluding carboxylic acids is 1. The Bertz CT molecular complexity index is 1030. The van der Waals surface area contributed by atoms with Gasteiger partial charge in [0.1, 0.15) is 11.2 Å². The maximum atomic E-state index is 12.5. The molecule has 0 radical (unpaired) electrons. The molecule has 2 heterocycles. The van der Waals surface area contributed by atoms with Crippen molar-refractivity contribution in [2.75, 3.05) is 6.54 Å². The summed E-state index contributed by atoms with van der Waals surface area (Å²) < 4.78 is 1.37. The Kier molecular flexibility index (Phi) is 6.94. The molecule has 7 heteroatoms. The minimum atomic E-state index is -0.475. The largest absolute Gasteiger partial charge is 0.350 e. The van der Waals surface area contributed by atoms with E-state index in [1.165, 1.54) is 16.2 Å². The van der Waals surface area contributed by atoms with Crippen molar-refractivity contribution in [1.82, 2.24) is 14.7 Å². The predicted molar refractivity (Wildman–Crippen MR) is 113 cm³/mol. The number of nitrogens with zero attached hydrogens (tertiary/aromatic N) is 2. The van der Waals surface area contributed by atoms with Gasteiger partial charge in [-0.3, -0.25) is 14.0 Å². The minimum absolute atomic E-state index is 0. The van der Waals surface area contributed by atoms with Crippen molar-refractivity contribution in [1.29, 1.82) is 0 Å². The highest BCUT2D eigenvalue weighted by Crippen LogP contribution is 2.17. The number of fused-ring (bicyclic) bond motifs is 1. The molecular formula is C21H25ClN4O2. The smallest absolute Gasteiger partial charge is 0.270 e. The first-order chi connectivity index (χ1) is 12.9. The van der Waals surface area contributed by atoms with E-state index >= 15 is 0 Å². The van der Waals surface area contributed by atoms with Crippen LogP contribution in [-0.2, 0) is 0 Å². The molecule has 0 bridgehead atoms. The van der Waals surface area contributed by atoms with Gasteiger partial charge in [-0.1, -0.05) is 38.1 Å². The Morgan fingerprint density at radius 1 is 1.18 bits per heavy atom. The summed E-state index contributed by atoms with van der Waals surface area (Å²) in [5.41, 5.74) is 9.46. The van der Waals surface area contributed by atoms with Crippen LogP contribution in [0, 0.1) is 6.92 Å². The van der Waals surface area contributed by atoms with Crippen molar-refractivity contribution in [3.63, 3.8) is 0 Å². The predicted octanol–water partition coefficient (Wildman–Crippen LogP) is 2.98. The van der Waals surface area contributed by atoms with Crippen molar-refractivity contribution in [2.45, 2.75) is 32.7 Å². The van der Waals surface area contributed by atoms with Gasteiger partial charge in [0.15, 0.2) is 0 Å². The normalized spacial score (nSPS) is 11.9. The van der Waals surface area contributed by atoms with Crippen LogP contribution < -0.4 is 16.6 Å². The van der Waals surface area contributed by atoms with Crippen molar-refractivity contribution in [3.8, 4) is 0 Å². The number of amides is 1. The molecule has 28 heavy (non-hydrogen) atoms. The third-order valence-electron chi connectivity index (χ3n) is 4.62. The van der Waals surface area contributed by atoms with E-state index in [-0.39, 0.29) is 30.6 Å². The maximum Gasteiger partial charge on any atom is 0.270 e. The zero-order valence-electron chi connectivity index (χ0n) is 16.2. The summed E-state index contributed by atoms with van der Waals surface area (Å²) >= 11 is 0. The Labute approximate surface area is 170 Å². The van der Waals surface area contributed by atoms with Crippen molar-refractivity contribution in [2.24, 2.45) is 5.73 Å². The standard InChI is InChI=1S/C21H24N4O2.ClH/c1-13(2)15-4-6-16(7-5-15)18(22)12-24-20(26)17-11-23-19-10-14(3)8-9-25(19)21(17)27;/h4-11,13,18H,12,22H2,1-3H3,(H,24,26);1H. The minimum Gasteiger partial charge on any atom is -0.350 e. The third kappa shape index (κ3) is 4.58. The van der Waals surface area contributed by atoms with Gasteiger partial charge in [-0.2, -0.15) is 0 Å². The SMILES string of the molecule is Cc1ccn2c(=O)c(C(=O)NCC(N)c3ccc(C(C)C)cc3)cnc2c1.Cl. The highest BCUT2D eigenvalue weighted by atomic mass is 35.5. The fourth-order valence-electron chi connectivity index (χ4n) is 2.88. The topological polar surface area (TPSA) is 89.5 Å². The molecule has 2 aromatic heterocycles. The quantitative estimate of drug-likeness (QED) is 0.689. The van der Waals surface area contributed by atoms with Crippen molar-refractivity contribution < 1.29 is 4.79 Å². The van der Waals surface area contributed by atoms with Gasteiger partial charge in [-0.05, 0) is 41.7 Å². The van der Waals surface area contributed by atoms with Gasteiger partial charge < -0.3 is 11.1 Å². The Morgan fingerprint density at radius 2 is 1.82 bits per heavy atom. The molecule has 3 rings (SSSR count). The van der Waals surface area contributed by atoms with Gasteiger partial charge >= 0.3 is 0 Å². The van der Waals surface area contributed by atoms with Gasteiger partial charge in [0, 0.05) is 25.0 Å². The number of aryl methyl sites for hydroxylation is 1. The third-order valence-corrected chi connectivity index (χ3v) is 4.62. The van der Waals surface area contributed by atoms with Crippen LogP contribution >= 0.6 is 12.4 Å². The van der Waals surface area contributed by atoms with Crippen LogP contribution in [0.5, 0.6) is 0 Å². The molecule has 0 saturated heterocycles. The van der Waals surface area contributed by atoms with Gasteiger partial charge in [-0.15, -0.1) is 12.4 Å². The first-order valence-electron chi connectivity index (χ1n) is 8.98. The molecule has 1 unspecified atom stereocenters. The molecule has 3 N–H and O–H groups in total. The Hall–Kier alpha value is -2.70. The summed E-state index contributed by atoms with van der Waals surface area (Å²) in [5.74, 6) is -0.0242. The fraction of sp³-hybridized carbons (Fsp3) is 0.286. The fourth-order valence-corrected chi connectivity index (χ4v) is 2.88. The number of hydrogen-bond acceptors (Lipinski definition) is 4. The lowest BCUT2D eigenvalue weighted by Gasteiger charge is -2.14. The summed E-state index contributed by atoms with van der Waals surface area (Å²) in [6.07, 6.45) is 2.94. The highest BCUT2D eigenvalue weighted by Gasteiger charge is 2.15. The first-order valence-corrected chi connectivity index (χ1v) is 8.98. The number of hydrogen-bond donors (Lipinski definition) is 2. The van der Waals surface area contributed by atoms with Crippen LogP contribution in [0.1, 0.15) is 52.9 Å². The van der Waals surface area contributed by atoms with E-state index in [9.17, 15) is 9.59 Å². The second kappa shape index (κ2) is 8.99. The number of rotatable bonds is 5. The van der Waals surface area contributed by atoms with Gasteiger partial charge in [0.2, 0.25) is 0 Å². The lowest BCUT2D eigenvalue weighted by atomic mass is 9.99. The van der Waals surface area contributed by atoms with E-state index in [4.69, 9.17) is 5.73 Å². The number of benzene rings is 1. The Balaban J connectivity index is 0.00000280. The summed E-state index contributed by atoms with van der Waals surface area (Å²) in [4.78, 5) is 29.2. The summed E-state index contributed by atoms with van der Waals surface area (Å²) in [6, 6.07) is 11.3. The number of carbonyl (C=O) groups is 1. The Morgan fingerprint density at radius 3 is 2.46 bits per heavy atom. The van der Waals surface area contributed by atoms with Crippen molar-refractivity contribution in [3.05, 3.63) is 81.4 Å². The molecule has 148 valence electrons. The molecule has 6 nitrogen and oxygen atoms in total. The second-order valence-electron chi connectivity index (χ2n) is 7.05. The van der Waals surface area contributed by atoms with E-state index in [0.29, 0.717) is 11.6 Å². The average Bonchev–Trinajstić information content (AvgIpc) is 2.66. The lowest BCUT2D eigenvalue weighted by Crippen LogP contribution is -2.36. The van der Waals surface area contributed by atoms with Crippen LogP contribution in [0.25, 0.3) is 5.65 Å². The van der Waals surface area contributed by atoms with Crippen LogP contribution in [0.15, 0.2) is 53.6 Å². The molecule has 1 atom stereocenters. The molecule has 0 fully saturated rings. The zero-order chi connectivity index (χ0) is 19.6. The number of halogens is 1. The van der Waals surface area contributed by atoms with Crippen LogP contribution in [-0.4, -0.2) is 21.8 Å². The molecule has 0 aliphatic rings. The summed E-state index contributed by atoms with van der Waals surface area (Å²) in [7, 11) is 0. The number of nitrogens with two attached hydrogens (primary N) is 1. The number of nitrogens with one attached hydrogen (secondary N) is 1. The maximum absolute atomic E-state index is 12.5. The molecule has 0 aliphatic heterocycles. The van der Waals surface area contributed by atoms with Crippen molar-refractivity contribution >= 4 is 24.0 Å². The average molecular weight is 401 g/mol. The first kappa shape index (κ1) is 21.6. The zero-order valence-corrected chi connectivity index (χ0v) is 17.0. The van der Waals surface area contributed by atoms with E-state index < -0.39 is 11.5 Å². The molecule has 0 spiro atoms. The molecule has 0 aliphatic carbocycles. The molecular weight excluding hydrogens is 376 g/mol. The molecule has 1 aromatic carbocycles. The van der Waals surface area contributed by atoms with E-state index in [0.717, 1.165) is 11.1 Å². The summed E-state index contributed by atoms with van der Waals surface area (Å²) in [5, 5.41) is 2.73. The lowest BCUT2D eigenvalue weighted by molar-refractivity contribution is 0.0949. The van der Waals surface area contributed by atoms with Crippen LogP contribution in [0.2, 0.25) is 0 Å². The van der Waals surface area contributed by atoms with E-state index in [2.05, 4.69) is 24.1 Å². The number of aromatic nitrogens is 2. The monoisotopic (exact) mass is 400 g/mol. The number of pyridine rings is 1. The highest BCUT2D eigenvalue weighted by molar-refractivity contribution is 5.93. The van der Waals surface area contributed by atoms with Crippen LogP contribution in [0.3, 0.4) is 0 Å². The second-order valence-corrected chi connectivity index (χ2v) is 7.05. The summed E-state index contributed by atoms with van der Waals surface area (Å²) in [6.45, 7) is 6.41. The van der Waals surface area contributed by atoms with E-state index in [1.807, 2.05) is 31.2 Å². The van der Waals surface area contributed by atoms with Gasteiger partial charge in [0.25, 0.3) is 11.5 Å². The van der Waals surface area contributed by atoms with E-state index in [1.54, 1.807) is 18.3 Å². The van der Waals surface area contributed by atoms with Crippen LogP contribution in [0.4, 0.5) is 0 Å². The van der Waals surface area contributed by atoms with Gasteiger partial charge in [-0.25, -0.2) is 4.98 Å². The van der Waals surface area contributed by atoms with Gasteiger partial charge in [0.05, 0.1) is 0 Å². The molecule has 1 amide bonds.